The van der Waals surface area contributed by atoms with Crippen molar-refractivity contribution in [3.63, 3.8) is 0 Å². The van der Waals surface area contributed by atoms with E-state index in [1.165, 1.54) is 0 Å². The monoisotopic (exact) mass is 387 g/mol. The molecule has 0 aliphatic rings. The van der Waals surface area contributed by atoms with Crippen LogP contribution in [0.3, 0.4) is 0 Å². The highest BCUT2D eigenvalue weighted by atomic mass is 35.6. The van der Waals surface area contributed by atoms with E-state index >= 15 is 0 Å². The first kappa shape index (κ1) is 18.7. The summed E-state index contributed by atoms with van der Waals surface area (Å²) in [5.74, 6) is 0.467. The van der Waals surface area contributed by atoms with Crippen molar-refractivity contribution in [3.05, 3.63) is 65.7 Å². The van der Waals surface area contributed by atoms with Gasteiger partial charge in [0, 0.05) is 0 Å². The number of hydrogen-bond acceptors (Lipinski definition) is 3. The van der Waals surface area contributed by atoms with Crippen LogP contribution >= 0.6 is 34.8 Å². The van der Waals surface area contributed by atoms with Gasteiger partial charge in [0.15, 0.2) is 0 Å². The molecule has 0 unspecified atom stereocenters. The summed E-state index contributed by atoms with van der Waals surface area (Å²) < 4.78 is 8.82. The third kappa shape index (κ3) is 6.11. The van der Waals surface area contributed by atoms with Gasteiger partial charge in [0.1, 0.15) is 12.4 Å². The lowest BCUT2D eigenvalue weighted by molar-refractivity contribution is 0.106. The fourth-order valence-corrected chi connectivity index (χ4v) is 2.17. The largest absolute Gasteiger partial charge is 0.466 e. The van der Waals surface area contributed by atoms with E-state index in [2.05, 4.69) is 5.32 Å². The minimum atomic E-state index is -1.87. The fraction of sp³-hybridized carbons (Fsp3) is 0.235. The number of alkyl carbamates (subject to hydrolysis) is 1. The first-order valence-corrected chi connectivity index (χ1v) is 8.25. The van der Waals surface area contributed by atoms with Gasteiger partial charge in [-0.15, -0.1) is 0 Å². The zero-order valence-corrected chi connectivity index (χ0v) is 15.1. The fourth-order valence-electron chi connectivity index (χ4n) is 1.87. The van der Waals surface area contributed by atoms with E-state index in [0.29, 0.717) is 5.75 Å². The summed E-state index contributed by atoms with van der Waals surface area (Å²) in [5.41, 5.74) is 1.82. The molecule has 0 spiro atoms. The van der Waals surface area contributed by atoms with Gasteiger partial charge < -0.3 is 9.47 Å². The Bertz CT molecular complexity index is 674. The molecule has 1 N–H and O–H groups in total. The normalized spacial score (nSPS) is 12.3. The molecule has 1 amide bonds. The van der Waals surface area contributed by atoms with E-state index in [1.807, 2.05) is 43.3 Å². The van der Waals surface area contributed by atoms with Crippen LogP contribution in [0.25, 0.3) is 0 Å². The molecule has 1 atom stereocenters. The van der Waals surface area contributed by atoms with Crippen LogP contribution in [0.15, 0.2) is 54.6 Å². The third-order valence-corrected chi connectivity index (χ3v) is 3.60. The van der Waals surface area contributed by atoms with E-state index in [0.717, 1.165) is 11.1 Å². The number of carbonyl (C=O) groups excluding carboxylic acids is 1. The Kier molecular flexibility index (Phi) is 6.60. The summed E-state index contributed by atoms with van der Waals surface area (Å²) in [5, 5.41) is 2.42. The highest BCUT2D eigenvalue weighted by Gasteiger charge is 2.36. The summed E-state index contributed by atoms with van der Waals surface area (Å²) in [6.07, 6.45) is -1.95. The predicted molar refractivity (Wildman–Crippen MR) is 95.6 cm³/mol. The van der Waals surface area contributed by atoms with Crippen molar-refractivity contribution in [2.75, 3.05) is 0 Å². The van der Waals surface area contributed by atoms with Crippen molar-refractivity contribution in [3.8, 4) is 5.75 Å². The first-order chi connectivity index (χ1) is 11.3. The number of carbonyl (C=O) groups is 1. The van der Waals surface area contributed by atoms with Gasteiger partial charge >= 0.3 is 6.09 Å². The average molecular weight is 389 g/mol. The SMILES string of the molecule is Cc1cccc(O[C@@H](NC(=O)OCc2ccccc2)C(Cl)(Cl)Cl)c1. The summed E-state index contributed by atoms with van der Waals surface area (Å²) >= 11 is 17.7. The maximum atomic E-state index is 11.9. The average Bonchev–Trinajstić information content (AvgIpc) is 2.52. The second kappa shape index (κ2) is 8.47. The summed E-state index contributed by atoms with van der Waals surface area (Å²) in [6, 6.07) is 16.4. The zero-order valence-electron chi connectivity index (χ0n) is 12.8. The van der Waals surface area contributed by atoms with Crippen LogP contribution in [0.5, 0.6) is 5.75 Å². The molecule has 0 heterocycles. The topological polar surface area (TPSA) is 47.6 Å². The number of alkyl halides is 3. The van der Waals surface area contributed by atoms with E-state index < -0.39 is 16.1 Å². The van der Waals surface area contributed by atoms with Gasteiger partial charge in [-0.25, -0.2) is 4.79 Å². The molecular weight excluding hydrogens is 373 g/mol. The van der Waals surface area contributed by atoms with E-state index in [-0.39, 0.29) is 6.61 Å². The molecule has 4 nitrogen and oxygen atoms in total. The van der Waals surface area contributed by atoms with Crippen molar-refractivity contribution in [2.45, 2.75) is 23.6 Å². The molecule has 0 fully saturated rings. The van der Waals surface area contributed by atoms with Crippen molar-refractivity contribution in [1.29, 1.82) is 0 Å². The van der Waals surface area contributed by atoms with Crippen LogP contribution in [0.2, 0.25) is 0 Å². The van der Waals surface area contributed by atoms with E-state index in [1.54, 1.807) is 18.2 Å². The molecule has 128 valence electrons. The Balaban J connectivity index is 1.97. The standard InChI is InChI=1S/C17H16Cl3NO3/c1-12-6-5-9-14(10-12)24-15(17(18,19)20)21-16(22)23-11-13-7-3-2-4-8-13/h2-10,15H,11H2,1H3,(H,21,22)/t15-/m1/s1. The van der Waals surface area contributed by atoms with Crippen LogP contribution in [0, 0.1) is 6.92 Å². The van der Waals surface area contributed by atoms with Gasteiger partial charge in [-0.3, -0.25) is 5.32 Å². The highest BCUT2D eigenvalue weighted by molar-refractivity contribution is 6.68. The molecule has 0 saturated heterocycles. The lowest BCUT2D eigenvalue weighted by atomic mass is 10.2. The second-order valence-corrected chi connectivity index (χ2v) is 7.43. The number of aryl methyl sites for hydroxylation is 1. The predicted octanol–water partition coefficient (Wildman–Crippen LogP) is 5.00. The van der Waals surface area contributed by atoms with Crippen LogP contribution in [0.4, 0.5) is 4.79 Å². The molecule has 24 heavy (non-hydrogen) atoms. The Morgan fingerprint density at radius 3 is 2.46 bits per heavy atom. The van der Waals surface area contributed by atoms with Gasteiger partial charge in [-0.05, 0) is 30.2 Å². The van der Waals surface area contributed by atoms with Crippen molar-refractivity contribution in [1.82, 2.24) is 5.32 Å². The van der Waals surface area contributed by atoms with Crippen LogP contribution < -0.4 is 10.1 Å². The minimum absolute atomic E-state index is 0.101. The van der Waals surface area contributed by atoms with Crippen molar-refractivity contribution >= 4 is 40.9 Å². The number of rotatable bonds is 5. The molecule has 0 radical (unpaired) electrons. The molecule has 2 rings (SSSR count). The van der Waals surface area contributed by atoms with E-state index in [9.17, 15) is 4.79 Å². The van der Waals surface area contributed by atoms with E-state index in [4.69, 9.17) is 44.3 Å². The molecule has 7 heteroatoms. The maximum absolute atomic E-state index is 11.9. The molecule has 0 aliphatic heterocycles. The lowest BCUT2D eigenvalue weighted by Crippen LogP contribution is -2.48. The Morgan fingerprint density at radius 2 is 1.83 bits per heavy atom. The maximum Gasteiger partial charge on any atom is 0.410 e. The number of halogens is 3. The molecule has 0 aliphatic carbocycles. The van der Waals surface area contributed by atoms with Crippen LogP contribution in [-0.4, -0.2) is 16.1 Å². The second-order valence-electron chi connectivity index (χ2n) is 5.06. The smallest absolute Gasteiger partial charge is 0.410 e. The molecule has 0 aromatic heterocycles. The molecule has 0 bridgehead atoms. The molecular formula is C17H16Cl3NO3. The zero-order chi connectivity index (χ0) is 17.6. The third-order valence-electron chi connectivity index (χ3n) is 3.00. The van der Waals surface area contributed by atoms with Gasteiger partial charge in [0.2, 0.25) is 10.0 Å². The molecule has 0 saturated carbocycles. The molecule has 2 aromatic carbocycles. The highest BCUT2D eigenvalue weighted by Crippen LogP contribution is 2.32. The van der Waals surface area contributed by atoms with Crippen molar-refractivity contribution < 1.29 is 14.3 Å². The number of hydrogen-bond donors (Lipinski definition) is 1. The first-order valence-electron chi connectivity index (χ1n) is 7.12. The summed E-state index contributed by atoms with van der Waals surface area (Å²) in [4.78, 5) is 11.9. The summed E-state index contributed by atoms with van der Waals surface area (Å²) in [6.45, 7) is 2.00. The van der Waals surface area contributed by atoms with Crippen LogP contribution in [-0.2, 0) is 11.3 Å². The van der Waals surface area contributed by atoms with Crippen LogP contribution in [0.1, 0.15) is 11.1 Å². The lowest BCUT2D eigenvalue weighted by Gasteiger charge is -2.26. The Morgan fingerprint density at radius 1 is 1.12 bits per heavy atom. The van der Waals surface area contributed by atoms with Gasteiger partial charge in [-0.2, -0.15) is 0 Å². The van der Waals surface area contributed by atoms with Gasteiger partial charge in [0.05, 0.1) is 0 Å². The number of amides is 1. The summed E-state index contributed by atoms with van der Waals surface area (Å²) in [7, 11) is 0. The Labute approximate surface area is 155 Å². The number of ether oxygens (including phenoxy) is 2. The van der Waals surface area contributed by atoms with Crippen molar-refractivity contribution in [2.24, 2.45) is 0 Å². The quantitative estimate of drug-likeness (QED) is 0.579. The van der Waals surface area contributed by atoms with Gasteiger partial charge in [-0.1, -0.05) is 77.3 Å². The number of benzene rings is 2. The number of nitrogens with one attached hydrogen (secondary N) is 1. The van der Waals surface area contributed by atoms with Gasteiger partial charge in [0.25, 0.3) is 0 Å². The molecule has 2 aromatic rings. The minimum Gasteiger partial charge on any atom is -0.466 e. The Hall–Kier alpha value is -1.62.